The van der Waals surface area contributed by atoms with Crippen LogP contribution in [0.25, 0.3) is 0 Å². The number of likely N-dealkylation sites (N-methyl/N-ethyl adjacent to an activating group) is 1. The van der Waals surface area contributed by atoms with E-state index in [4.69, 9.17) is 4.74 Å². The van der Waals surface area contributed by atoms with Crippen LogP contribution < -0.4 is 10.1 Å². The zero-order valence-corrected chi connectivity index (χ0v) is 14.6. The van der Waals surface area contributed by atoms with Gasteiger partial charge in [-0.2, -0.15) is 0 Å². The highest BCUT2D eigenvalue weighted by Crippen LogP contribution is 2.30. The highest BCUT2D eigenvalue weighted by atomic mass is 16.5. The molecular formula is C17H20N4O5. The van der Waals surface area contributed by atoms with Gasteiger partial charge in [-0.05, 0) is 6.07 Å². The second-order valence-corrected chi connectivity index (χ2v) is 6.09. The molecule has 1 aromatic carbocycles. The predicted molar refractivity (Wildman–Crippen MR) is 90.2 cm³/mol. The van der Waals surface area contributed by atoms with Gasteiger partial charge < -0.3 is 15.0 Å². The second-order valence-electron chi connectivity index (χ2n) is 6.09. The summed E-state index contributed by atoms with van der Waals surface area (Å²) in [6, 6.07) is 6.31. The van der Waals surface area contributed by atoms with Crippen LogP contribution in [-0.4, -0.2) is 78.8 Å². The van der Waals surface area contributed by atoms with E-state index in [9.17, 15) is 19.2 Å². The Balaban J connectivity index is 1.82. The third-order valence-electron chi connectivity index (χ3n) is 4.61. The zero-order valence-electron chi connectivity index (χ0n) is 14.6. The third kappa shape index (κ3) is 3.01. The molecule has 2 aliphatic heterocycles. The van der Waals surface area contributed by atoms with Crippen LogP contribution in [0.4, 0.5) is 4.79 Å². The summed E-state index contributed by atoms with van der Waals surface area (Å²) in [5.41, 5.74) is 0.836. The number of carbonyl (C=O) groups excluding carboxylic acids is 4. The number of piperazine rings is 1. The number of hydrogen-bond donors (Lipinski definition) is 1. The largest absolute Gasteiger partial charge is 0.496 e. The van der Waals surface area contributed by atoms with Gasteiger partial charge in [0.25, 0.3) is 0 Å². The van der Waals surface area contributed by atoms with Gasteiger partial charge >= 0.3 is 17.8 Å². The molecule has 1 atom stereocenters. The van der Waals surface area contributed by atoms with E-state index in [2.05, 4.69) is 5.32 Å². The number of nitrogens with one attached hydrogen (secondary N) is 1. The smallest absolute Gasteiger partial charge is 0.334 e. The summed E-state index contributed by atoms with van der Waals surface area (Å²) in [4.78, 5) is 51.4. The van der Waals surface area contributed by atoms with Gasteiger partial charge in [0.15, 0.2) is 0 Å². The van der Waals surface area contributed by atoms with Crippen LogP contribution in [0, 0.1) is 0 Å². The molecule has 9 nitrogen and oxygen atoms in total. The lowest BCUT2D eigenvalue weighted by atomic mass is 10.0. The third-order valence-corrected chi connectivity index (χ3v) is 4.61. The lowest BCUT2D eigenvalue weighted by Gasteiger charge is -2.37. The van der Waals surface area contributed by atoms with Gasteiger partial charge in [-0.25, -0.2) is 9.69 Å². The number of ether oxygens (including phenoxy) is 1. The Morgan fingerprint density at radius 1 is 1.23 bits per heavy atom. The van der Waals surface area contributed by atoms with Gasteiger partial charge in [0, 0.05) is 32.2 Å². The Hall–Kier alpha value is -2.94. The van der Waals surface area contributed by atoms with E-state index in [1.54, 1.807) is 12.0 Å². The molecule has 0 aromatic heterocycles. The van der Waals surface area contributed by atoms with Crippen molar-refractivity contribution in [3.05, 3.63) is 29.8 Å². The molecule has 2 aliphatic rings. The number of hydrogen-bond acceptors (Lipinski definition) is 6. The summed E-state index contributed by atoms with van der Waals surface area (Å²) in [6.07, 6.45) is 0. The summed E-state index contributed by atoms with van der Waals surface area (Å²) < 4.78 is 5.39. The monoisotopic (exact) mass is 360 g/mol. The predicted octanol–water partition coefficient (Wildman–Crippen LogP) is -0.411. The maximum absolute atomic E-state index is 12.8. The number of benzene rings is 1. The molecule has 2 saturated heterocycles. The van der Waals surface area contributed by atoms with Crippen LogP contribution >= 0.6 is 0 Å². The number of carbonyl (C=O) groups is 4. The molecule has 2 heterocycles. The molecule has 138 valence electrons. The van der Waals surface area contributed by atoms with Crippen LogP contribution in [0.5, 0.6) is 5.75 Å². The van der Waals surface area contributed by atoms with Crippen LogP contribution in [0.1, 0.15) is 11.6 Å². The lowest BCUT2D eigenvalue weighted by molar-refractivity contribution is -0.145. The maximum atomic E-state index is 12.8. The normalized spacial score (nSPS) is 20.8. The summed E-state index contributed by atoms with van der Waals surface area (Å²) in [6.45, 7) is 1.08. The van der Waals surface area contributed by atoms with E-state index in [1.165, 1.54) is 7.05 Å². The van der Waals surface area contributed by atoms with E-state index in [0.29, 0.717) is 35.2 Å². The van der Waals surface area contributed by atoms with Crippen molar-refractivity contribution in [2.75, 3.05) is 40.3 Å². The Morgan fingerprint density at radius 3 is 2.62 bits per heavy atom. The number of urea groups is 1. The molecular weight excluding hydrogens is 340 g/mol. The average molecular weight is 360 g/mol. The van der Waals surface area contributed by atoms with Crippen molar-refractivity contribution in [2.24, 2.45) is 0 Å². The lowest BCUT2D eigenvalue weighted by Crippen LogP contribution is -2.52. The van der Waals surface area contributed by atoms with E-state index in [1.807, 2.05) is 24.3 Å². The summed E-state index contributed by atoms with van der Waals surface area (Å²) >= 11 is 0. The molecule has 0 bridgehead atoms. The minimum absolute atomic E-state index is 0.298. The Bertz CT molecular complexity index is 765. The van der Waals surface area contributed by atoms with Gasteiger partial charge in [0.2, 0.25) is 5.91 Å². The molecule has 1 aromatic rings. The number of rotatable bonds is 4. The molecule has 0 aliphatic carbocycles. The minimum atomic E-state index is -0.977. The van der Waals surface area contributed by atoms with Crippen LogP contribution in [0.15, 0.2) is 24.3 Å². The van der Waals surface area contributed by atoms with E-state index >= 15 is 0 Å². The fourth-order valence-electron chi connectivity index (χ4n) is 3.20. The summed E-state index contributed by atoms with van der Waals surface area (Å²) in [5, 5.41) is 3.24. The van der Waals surface area contributed by atoms with Crippen molar-refractivity contribution in [3.63, 3.8) is 0 Å². The van der Waals surface area contributed by atoms with Crippen molar-refractivity contribution in [3.8, 4) is 5.75 Å². The summed E-state index contributed by atoms with van der Waals surface area (Å²) in [5.74, 6) is -1.64. The molecule has 1 unspecified atom stereocenters. The van der Waals surface area contributed by atoms with Crippen molar-refractivity contribution in [1.29, 1.82) is 0 Å². The quantitative estimate of drug-likeness (QED) is 0.579. The number of amides is 5. The van der Waals surface area contributed by atoms with Crippen molar-refractivity contribution in [1.82, 2.24) is 20.0 Å². The zero-order chi connectivity index (χ0) is 18.8. The Labute approximate surface area is 150 Å². The average Bonchev–Trinajstić information content (AvgIpc) is 2.85. The van der Waals surface area contributed by atoms with Crippen molar-refractivity contribution >= 4 is 23.8 Å². The molecule has 1 N–H and O–H groups in total. The molecule has 2 fully saturated rings. The van der Waals surface area contributed by atoms with Gasteiger partial charge in [0.1, 0.15) is 12.3 Å². The first-order valence-electron chi connectivity index (χ1n) is 8.22. The SMILES string of the molecule is COc1ccccc1C1CNCCN1C(=O)CN1C(=O)C(=O)N(C)C1=O. The Kier molecular flexibility index (Phi) is 4.90. The topological polar surface area (TPSA) is 99.3 Å². The number of imide groups is 2. The summed E-state index contributed by atoms with van der Waals surface area (Å²) in [7, 11) is 2.78. The molecule has 5 amide bonds. The van der Waals surface area contributed by atoms with Crippen molar-refractivity contribution in [2.45, 2.75) is 6.04 Å². The minimum Gasteiger partial charge on any atom is -0.496 e. The van der Waals surface area contributed by atoms with E-state index in [0.717, 1.165) is 5.56 Å². The Morgan fingerprint density at radius 2 is 1.96 bits per heavy atom. The number of para-hydroxylation sites is 1. The van der Waals surface area contributed by atoms with Gasteiger partial charge in [0.05, 0.1) is 13.2 Å². The van der Waals surface area contributed by atoms with E-state index in [-0.39, 0.29) is 6.04 Å². The fourth-order valence-corrected chi connectivity index (χ4v) is 3.20. The first-order valence-corrected chi connectivity index (χ1v) is 8.22. The molecule has 0 saturated carbocycles. The van der Waals surface area contributed by atoms with Crippen LogP contribution in [-0.2, 0) is 14.4 Å². The number of nitrogens with zero attached hydrogens (tertiary/aromatic N) is 3. The van der Waals surface area contributed by atoms with Crippen LogP contribution in [0.3, 0.4) is 0 Å². The highest BCUT2D eigenvalue weighted by Gasteiger charge is 2.44. The molecule has 0 spiro atoms. The fraction of sp³-hybridized carbons (Fsp3) is 0.412. The van der Waals surface area contributed by atoms with Gasteiger partial charge in [-0.15, -0.1) is 0 Å². The van der Waals surface area contributed by atoms with Crippen LogP contribution in [0.2, 0.25) is 0 Å². The van der Waals surface area contributed by atoms with Gasteiger partial charge in [-0.1, -0.05) is 18.2 Å². The maximum Gasteiger partial charge on any atom is 0.334 e. The first-order chi connectivity index (χ1) is 12.5. The molecule has 3 rings (SSSR count). The highest BCUT2D eigenvalue weighted by molar-refractivity contribution is 6.44. The van der Waals surface area contributed by atoms with Crippen molar-refractivity contribution < 1.29 is 23.9 Å². The van der Waals surface area contributed by atoms with E-state index < -0.39 is 30.3 Å². The first kappa shape index (κ1) is 17.9. The second kappa shape index (κ2) is 7.12. The molecule has 9 heteroatoms. The molecule has 26 heavy (non-hydrogen) atoms. The van der Waals surface area contributed by atoms with Gasteiger partial charge in [-0.3, -0.25) is 19.3 Å². The molecule has 0 radical (unpaired) electrons. The standard InChI is InChI=1S/C17H20N4O5/c1-19-15(23)16(24)21(17(19)25)10-14(22)20-8-7-18-9-12(20)11-5-3-4-6-13(11)26-2/h3-6,12,18H,7-10H2,1-2H3. The number of methoxy groups -OCH3 is 1.